The number of rotatable bonds is 4. The van der Waals surface area contributed by atoms with Crippen molar-refractivity contribution in [2.45, 2.75) is 19.8 Å². The second-order valence-electron chi connectivity index (χ2n) is 5.60. The topological polar surface area (TPSA) is 46.6 Å². The van der Waals surface area contributed by atoms with E-state index in [0.29, 0.717) is 25.1 Å². The van der Waals surface area contributed by atoms with Gasteiger partial charge in [-0.1, -0.05) is 30.3 Å². The van der Waals surface area contributed by atoms with Gasteiger partial charge >= 0.3 is 0 Å². The lowest BCUT2D eigenvalue weighted by molar-refractivity contribution is -0.119. The maximum atomic E-state index is 12.5. The van der Waals surface area contributed by atoms with Crippen molar-refractivity contribution in [3.05, 3.63) is 59.7 Å². The van der Waals surface area contributed by atoms with E-state index in [4.69, 9.17) is 4.74 Å². The molecule has 0 atom stereocenters. The van der Waals surface area contributed by atoms with Crippen LogP contribution in [0.25, 0.3) is 0 Å². The molecule has 3 rings (SSSR count). The molecule has 4 heteroatoms. The highest BCUT2D eigenvalue weighted by atomic mass is 16.5. The van der Waals surface area contributed by atoms with Crippen molar-refractivity contribution < 1.29 is 14.3 Å². The molecule has 4 nitrogen and oxygen atoms in total. The number of ketones is 1. The van der Waals surface area contributed by atoms with Crippen molar-refractivity contribution in [1.29, 1.82) is 0 Å². The summed E-state index contributed by atoms with van der Waals surface area (Å²) in [4.78, 5) is 26.3. The minimum atomic E-state index is -0.0102. The summed E-state index contributed by atoms with van der Waals surface area (Å²) in [6.45, 7) is 2.70. The van der Waals surface area contributed by atoms with Crippen LogP contribution in [0.4, 0.5) is 5.69 Å². The molecule has 1 heterocycles. The largest absolute Gasteiger partial charge is 0.493 e. The second kappa shape index (κ2) is 6.65. The Labute approximate surface area is 135 Å². The van der Waals surface area contributed by atoms with E-state index in [2.05, 4.69) is 0 Å². The van der Waals surface area contributed by atoms with E-state index in [1.54, 1.807) is 11.0 Å². The van der Waals surface area contributed by atoms with Gasteiger partial charge in [-0.3, -0.25) is 9.59 Å². The predicted octanol–water partition coefficient (Wildman–Crippen LogP) is 3.38. The van der Waals surface area contributed by atoms with Gasteiger partial charge in [0.25, 0.3) is 0 Å². The molecule has 0 bridgehead atoms. The van der Waals surface area contributed by atoms with Crippen LogP contribution in [0.15, 0.2) is 48.5 Å². The highest BCUT2D eigenvalue weighted by molar-refractivity contribution is 6.09. The van der Waals surface area contributed by atoms with E-state index in [1.807, 2.05) is 49.4 Å². The fourth-order valence-electron chi connectivity index (χ4n) is 2.86. The normalized spacial score (nSPS) is 13.6. The Hall–Kier alpha value is -2.62. The number of carbonyl (C=O) groups excluding carboxylic acids is 2. The lowest BCUT2D eigenvalue weighted by Crippen LogP contribution is -2.38. The molecule has 0 N–H and O–H groups in total. The van der Waals surface area contributed by atoms with Crippen LogP contribution in [0.2, 0.25) is 0 Å². The van der Waals surface area contributed by atoms with Crippen molar-refractivity contribution in [2.75, 3.05) is 18.1 Å². The summed E-state index contributed by atoms with van der Waals surface area (Å²) in [6, 6.07) is 15.0. The van der Waals surface area contributed by atoms with Crippen molar-refractivity contribution in [1.82, 2.24) is 0 Å². The average Bonchev–Trinajstić information content (AvgIpc) is 2.57. The first-order valence-corrected chi connectivity index (χ1v) is 7.78. The number of benzene rings is 2. The minimum absolute atomic E-state index is 0.0102. The van der Waals surface area contributed by atoms with Crippen molar-refractivity contribution in [3.63, 3.8) is 0 Å². The Bertz CT molecular complexity index is 725. The van der Waals surface area contributed by atoms with Gasteiger partial charge in [0, 0.05) is 18.5 Å². The third-order valence-electron chi connectivity index (χ3n) is 4.00. The fourth-order valence-corrected chi connectivity index (χ4v) is 2.86. The molecule has 0 aromatic heterocycles. The second-order valence-corrected chi connectivity index (χ2v) is 5.60. The van der Waals surface area contributed by atoms with Crippen LogP contribution >= 0.6 is 0 Å². The van der Waals surface area contributed by atoms with E-state index < -0.39 is 0 Å². The molecule has 2 aromatic carbocycles. The first-order chi connectivity index (χ1) is 11.2. The third-order valence-corrected chi connectivity index (χ3v) is 4.00. The maximum absolute atomic E-state index is 12.5. The van der Waals surface area contributed by atoms with Gasteiger partial charge in [-0.25, -0.2) is 0 Å². The number of anilines is 1. The zero-order valence-electron chi connectivity index (χ0n) is 13.1. The molecule has 0 radical (unpaired) electrons. The number of ether oxygens (including phenoxy) is 1. The zero-order valence-corrected chi connectivity index (χ0v) is 13.1. The van der Waals surface area contributed by atoms with E-state index >= 15 is 0 Å². The maximum Gasteiger partial charge on any atom is 0.230 e. The monoisotopic (exact) mass is 309 g/mol. The Morgan fingerprint density at radius 1 is 1.13 bits per heavy atom. The molecule has 0 fully saturated rings. The van der Waals surface area contributed by atoms with Crippen LogP contribution in [-0.4, -0.2) is 24.8 Å². The van der Waals surface area contributed by atoms with Gasteiger partial charge in [-0.2, -0.15) is 0 Å². The number of Topliss-reactive ketones (excluding diaryl/α,β-unsaturated/α-hetero) is 1. The van der Waals surface area contributed by atoms with Gasteiger partial charge in [0.05, 0.1) is 18.7 Å². The van der Waals surface area contributed by atoms with Gasteiger partial charge in [0.15, 0.2) is 5.78 Å². The molecule has 0 saturated heterocycles. The van der Waals surface area contributed by atoms with E-state index in [-0.39, 0.29) is 18.1 Å². The first-order valence-electron chi connectivity index (χ1n) is 7.78. The molecule has 118 valence electrons. The molecule has 1 amide bonds. The van der Waals surface area contributed by atoms with Gasteiger partial charge in [0.1, 0.15) is 5.75 Å². The third kappa shape index (κ3) is 3.26. The summed E-state index contributed by atoms with van der Waals surface area (Å²) in [5, 5.41) is 0. The molecule has 0 unspecified atom stereocenters. The van der Waals surface area contributed by atoms with Crippen molar-refractivity contribution >= 4 is 17.4 Å². The van der Waals surface area contributed by atoms with Gasteiger partial charge in [-0.15, -0.1) is 0 Å². The van der Waals surface area contributed by atoms with Crippen LogP contribution in [-0.2, 0) is 4.79 Å². The highest BCUT2D eigenvalue weighted by Gasteiger charge is 2.28. The van der Waals surface area contributed by atoms with Crippen LogP contribution in [0.3, 0.4) is 0 Å². The number of amides is 1. The molecule has 23 heavy (non-hydrogen) atoms. The minimum Gasteiger partial charge on any atom is -0.493 e. The summed E-state index contributed by atoms with van der Waals surface area (Å²) >= 11 is 0. The summed E-state index contributed by atoms with van der Waals surface area (Å²) in [6.07, 6.45) is 0.665. The molecular formula is C19H19NO3. The number of nitrogens with zero attached hydrogens (tertiary/aromatic N) is 1. The molecular weight excluding hydrogens is 290 g/mol. The average molecular weight is 309 g/mol. The van der Waals surface area contributed by atoms with E-state index in [0.717, 1.165) is 17.0 Å². The molecule has 0 saturated carbocycles. The molecule has 1 aliphatic rings. The zero-order chi connectivity index (χ0) is 16.2. The standard InChI is InChI=1S/C19H19NO3/c1-14-6-5-9-16-17(21)10-12-20(19(14)16)18(22)11-13-23-15-7-3-2-4-8-15/h2-9H,10-13H2,1H3. The predicted molar refractivity (Wildman–Crippen MR) is 89.0 cm³/mol. The van der Waals surface area contributed by atoms with Gasteiger partial charge in [0.2, 0.25) is 5.91 Å². The van der Waals surface area contributed by atoms with Gasteiger partial charge in [-0.05, 0) is 30.7 Å². The number of hydrogen-bond donors (Lipinski definition) is 0. The molecule has 1 aliphatic heterocycles. The fraction of sp³-hybridized carbons (Fsp3) is 0.263. The number of fused-ring (bicyclic) bond motifs is 1. The Morgan fingerprint density at radius 2 is 1.91 bits per heavy atom. The Kier molecular flexibility index (Phi) is 4.42. The van der Waals surface area contributed by atoms with Crippen LogP contribution in [0.5, 0.6) is 5.75 Å². The summed E-state index contributed by atoms with van der Waals surface area (Å²) in [7, 11) is 0. The summed E-state index contributed by atoms with van der Waals surface area (Å²) in [5.41, 5.74) is 2.36. The lowest BCUT2D eigenvalue weighted by Gasteiger charge is -2.30. The van der Waals surface area contributed by atoms with E-state index in [1.165, 1.54) is 0 Å². The number of hydrogen-bond acceptors (Lipinski definition) is 3. The van der Waals surface area contributed by atoms with Crippen LogP contribution < -0.4 is 9.64 Å². The SMILES string of the molecule is Cc1cccc2c1N(C(=O)CCOc1ccccc1)CCC2=O. The summed E-state index contributed by atoms with van der Waals surface area (Å²) in [5.74, 6) is 0.850. The van der Waals surface area contributed by atoms with Crippen molar-refractivity contribution in [2.24, 2.45) is 0 Å². The highest BCUT2D eigenvalue weighted by Crippen LogP contribution is 2.30. The number of para-hydroxylation sites is 2. The van der Waals surface area contributed by atoms with Crippen molar-refractivity contribution in [3.8, 4) is 5.75 Å². The number of aryl methyl sites for hydroxylation is 1. The van der Waals surface area contributed by atoms with Crippen LogP contribution in [0.1, 0.15) is 28.8 Å². The Morgan fingerprint density at radius 3 is 2.70 bits per heavy atom. The molecule has 0 aliphatic carbocycles. The number of carbonyl (C=O) groups is 2. The summed E-state index contributed by atoms with van der Waals surface area (Å²) < 4.78 is 5.59. The van der Waals surface area contributed by atoms with Gasteiger partial charge < -0.3 is 9.64 Å². The Balaban J connectivity index is 1.69. The van der Waals surface area contributed by atoms with E-state index in [9.17, 15) is 9.59 Å². The lowest BCUT2D eigenvalue weighted by atomic mass is 9.97. The smallest absolute Gasteiger partial charge is 0.230 e. The molecule has 2 aromatic rings. The quantitative estimate of drug-likeness (QED) is 0.870. The first kappa shape index (κ1) is 15.3. The molecule has 0 spiro atoms. The van der Waals surface area contributed by atoms with Crippen LogP contribution in [0, 0.1) is 6.92 Å².